The number of rotatable bonds is 6. The summed E-state index contributed by atoms with van der Waals surface area (Å²) in [5.41, 5.74) is 1.11. The average molecular weight is 356 g/mol. The second-order valence-electron chi connectivity index (χ2n) is 4.69. The SMILES string of the molecule is CCOc1cc(C(=O)CBr)ccc1NC(=O)C1CCCO1. The van der Waals surface area contributed by atoms with Crippen LogP contribution in [0, 0.1) is 0 Å². The predicted molar refractivity (Wildman–Crippen MR) is 83.3 cm³/mol. The van der Waals surface area contributed by atoms with Crippen LogP contribution in [-0.2, 0) is 9.53 Å². The van der Waals surface area contributed by atoms with Gasteiger partial charge in [0.15, 0.2) is 5.78 Å². The van der Waals surface area contributed by atoms with Crippen molar-refractivity contribution in [3.63, 3.8) is 0 Å². The topological polar surface area (TPSA) is 64.6 Å². The fourth-order valence-electron chi connectivity index (χ4n) is 2.15. The van der Waals surface area contributed by atoms with Crippen LogP contribution in [0.25, 0.3) is 0 Å². The van der Waals surface area contributed by atoms with Gasteiger partial charge in [0, 0.05) is 12.2 Å². The highest BCUT2D eigenvalue weighted by Gasteiger charge is 2.24. The van der Waals surface area contributed by atoms with E-state index in [0.717, 1.165) is 12.8 Å². The summed E-state index contributed by atoms with van der Waals surface area (Å²) in [4.78, 5) is 23.8. The maximum Gasteiger partial charge on any atom is 0.253 e. The number of alkyl halides is 1. The summed E-state index contributed by atoms with van der Waals surface area (Å²) < 4.78 is 10.9. The largest absolute Gasteiger partial charge is 0.492 e. The van der Waals surface area contributed by atoms with Crippen molar-refractivity contribution in [1.82, 2.24) is 0 Å². The Labute approximate surface area is 132 Å². The third-order valence-corrected chi connectivity index (χ3v) is 3.71. The molecule has 0 saturated carbocycles. The molecule has 0 aromatic heterocycles. The lowest BCUT2D eigenvalue weighted by Gasteiger charge is -2.15. The standard InChI is InChI=1S/C15H18BrNO4/c1-2-20-14-8-10(12(18)9-16)5-6-11(14)17-15(19)13-4-3-7-21-13/h5-6,8,13H,2-4,7,9H2,1H3,(H,17,19). The second-order valence-corrected chi connectivity index (χ2v) is 5.25. The monoisotopic (exact) mass is 355 g/mol. The van der Waals surface area contributed by atoms with E-state index in [4.69, 9.17) is 9.47 Å². The molecule has 114 valence electrons. The van der Waals surface area contributed by atoms with E-state index in [-0.39, 0.29) is 17.0 Å². The van der Waals surface area contributed by atoms with E-state index in [1.165, 1.54) is 0 Å². The summed E-state index contributed by atoms with van der Waals surface area (Å²) in [7, 11) is 0. The number of anilines is 1. The first-order chi connectivity index (χ1) is 10.2. The molecule has 0 radical (unpaired) electrons. The maximum atomic E-state index is 12.1. The van der Waals surface area contributed by atoms with Crippen LogP contribution in [0.2, 0.25) is 0 Å². The maximum absolute atomic E-state index is 12.1. The third kappa shape index (κ3) is 4.04. The number of carbonyl (C=O) groups excluding carboxylic acids is 2. The molecular formula is C15H18BrNO4. The molecule has 1 saturated heterocycles. The molecule has 1 aliphatic rings. The molecule has 0 bridgehead atoms. The van der Waals surface area contributed by atoms with Crippen LogP contribution in [0.3, 0.4) is 0 Å². The lowest BCUT2D eigenvalue weighted by molar-refractivity contribution is -0.124. The van der Waals surface area contributed by atoms with Gasteiger partial charge in [-0.15, -0.1) is 0 Å². The lowest BCUT2D eigenvalue weighted by atomic mass is 10.1. The summed E-state index contributed by atoms with van der Waals surface area (Å²) in [5.74, 6) is 0.289. The minimum absolute atomic E-state index is 0.0343. The number of hydrogen-bond donors (Lipinski definition) is 1. The van der Waals surface area contributed by atoms with Gasteiger partial charge in [-0.25, -0.2) is 0 Å². The molecule has 6 heteroatoms. The fourth-order valence-corrected chi connectivity index (χ4v) is 2.47. The molecule has 1 fully saturated rings. The molecule has 0 spiro atoms. The molecule has 1 amide bonds. The summed E-state index contributed by atoms with van der Waals surface area (Å²) >= 11 is 3.14. The Morgan fingerprint density at radius 1 is 1.48 bits per heavy atom. The van der Waals surface area contributed by atoms with Crippen LogP contribution in [-0.4, -0.2) is 36.3 Å². The fraction of sp³-hybridized carbons (Fsp3) is 0.467. The van der Waals surface area contributed by atoms with Crippen LogP contribution < -0.4 is 10.1 Å². The Kier molecular flexibility index (Phi) is 5.76. The summed E-state index contributed by atoms with van der Waals surface area (Å²) in [5, 5.41) is 3.06. The van der Waals surface area contributed by atoms with E-state index in [2.05, 4.69) is 21.2 Å². The van der Waals surface area contributed by atoms with Crippen LogP contribution in [0.5, 0.6) is 5.75 Å². The van der Waals surface area contributed by atoms with Crippen LogP contribution in [0.4, 0.5) is 5.69 Å². The van der Waals surface area contributed by atoms with Crippen molar-refractivity contribution < 1.29 is 19.1 Å². The quantitative estimate of drug-likeness (QED) is 0.629. The van der Waals surface area contributed by atoms with Gasteiger partial charge in [-0.05, 0) is 38.0 Å². The van der Waals surface area contributed by atoms with Gasteiger partial charge in [0.2, 0.25) is 0 Å². The highest BCUT2D eigenvalue weighted by atomic mass is 79.9. The van der Waals surface area contributed by atoms with E-state index < -0.39 is 6.10 Å². The number of amides is 1. The van der Waals surface area contributed by atoms with Crippen molar-refractivity contribution in [2.24, 2.45) is 0 Å². The number of carbonyl (C=O) groups is 2. The van der Waals surface area contributed by atoms with E-state index in [1.54, 1.807) is 18.2 Å². The minimum Gasteiger partial charge on any atom is -0.492 e. The summed E-state index contributed by atoms with van der Waals surface area (Å²) in [6.45, 7) is 2.93. The Bertz CT molecular complexity index is 526. The first-order valence-electron chi connectivity index (χ1n) is 6.94. The van der Waals surface area contributed by atoms with Crippen LogP contribution >= 0.6 is 15.9 Å². The molecule has 1 N–H and O–H groups in total. The van der Waals surface area contributed by atoms with Crippen molar-refractivity contribution in [3.05, 3.63) is 23.8 Å². The highest BCUT2D eigenvalue weighted by molar-refractivity contribution is 9.09. The molecule has 5 nitrogen and oxygen atoms in total. The van der Waals surface area contributed by atoms with Gasteiger partial charge in [-0.1, -0.05) is 15.9 Å². The van der Waals surface area contributed by atoms with Crippen LogP contribution in [0.15, 0.2) is 18.2 Å². The molecule has 1 atom stereocenters. The van der Waals surface area contributed by atoms with Gasteiger partial charge in [-0.2, -0.15) is 0 Å². The smallest absolute Gasteiger partial charge is 0.253 e. The van der Waals surface area contributed by atoms with Gasteiger partial charge in [0.25, 0.3) is 5.91 Å². The molecule has 1 unspecified atom stereocenters. The first-order valence-corrected chi connectivity index (χ1v) is 8.06. The number of halogens is 1. The van der Waals surface area contributed by atoms with Crippen molar-refractivity contribution in [2.75, 3.05) is 23.9 Å². The molecule has 1 aliphatic heterocycles. The van der Waals surface area contributed by atoms with E-state index in [9.17, 15) is 9.59 Å². The number of Topliss-reactive ketones (excluding diaryl/α,β-unsaturated/α-hetero) is 1. The van der Waals surface area contributed by atoms with Gasteiger partial charge < -0.3 is 14.8 Å². The van der Waals surface area contributed by atoms with Gasteiger partial charge in [-0.3, -0.25) is 9.59 Å². The zero-order chi connectivity index (χ0) is 15.2. The number of benzene rings is 1. The second kappa shape index (κ2) is 7.56. The minimum atomic E-state index is -0.400. The molecular weight excluding hydrogens is 338 g/mol. The zero-order valence-electron chi connectivity index (χ0n) is 11.9. The summed E-state index contributed by atoms with van der Waals surface area (Å²) in [6, 6.07) is 5.02. The summed E-state index contributed by atoms with van der Waals surface area (Å²) in [6.07, 6.45) is 1.23. The van der Waals surface area contributed by atoms with Crippen molar-refractivity contribution >= 4 is 33.3 Å². The van der Waals surface area contributed by atoms with Gasteiger partial charge in [0.1, 0.15) is 11.9 Å². The average Bonchev–Trinajstić information content (AvgIpc) is 3.02. The Morgan fingerprint density at radius 3 is 2.90 bits per heavy atom. The normalized spacial score (nSPS) is 17.5. The Balaban J connectivity index is 2.17. The van der Waals surface area contributed by atoms with Crippen LogP contribution in [0.1, 0.15) is 30.1 Å². The Hall–Kier alpha value is -1.40. The molecule has 0 aliphatic carbocycles. The molecule has 1 aromatic carbocycles. The Morgan fingerprint density at radius 2 is 2.29 bits per heavy atom. The van der Waals surface area contributed by atoms with Crippen molar-refractivity contribution in [2.45, 2.75) is 25.9 Å². The van der Waals surface area contributed by atoms with E-state index >= 15 is 0 Å². The number of nitrogens with one attached hydrogen (secondary N) is 1. The molecule has 2 rings (SSSR count). The third-order valence-electron chi connectivity index (χ3n) is 3.20. The predicted octanol–water partition coefficient (Wildman–Crippen LogP) is 2.78. The van der Waals surface area contributed by atoms with E-state index in [1.807, 2.05) is 6.92 Å². The highest BCUT2D eigenvalue weighted by Crippen LogP contribution is 2.27. The molecule has 1 aromatic rings. The van der Waals surface area contributed by atoms with Crippen molar-refractivity contribution in [1.29, 1.82) is 0 Å². The van der Waals surface area contributed by atoms with Gasteiger partial charge >= 0.3 is 0 Å². The van der Waals surface area contributed by atoms with E-state index in [0.29, 0.717) is 30.2 Å². The number of ketones is 1. The van der Waals surface area contributed by atoms with Gasteiger partial charge in [0.05, 0.1) is 17.6 Å². The molecule has 1 heterocycles. The number of hydrogen-bond acceptors (Lipinski definition) is 4. The molecule has 21 heavy (non-hydrogen) atoms. The number of ether oxygens (including phenoxy) is 2. The first kappa shape index (κ1) is 16.0. The van der Waals surface area contributed by atoms with Crippen molar-refractivity contribution in [3.8, 4) is 5.75 Å². The zero-order valence-corrected chi connectivity index (χ0v) is 13.4. The lowest BCUT2D eigenvalue weighted by Crippen LogP contribution is -2.27.